The summed E-state index contributed by atoms with van der Waals surface area (Å²) in [5.41, 5.74) is 0.626. The van der Waals surface area contributed by atoms with Gasteiger partial charge >= 0.3 is 0 Å². The first-order valence-corrected chi connectivity index (χ1v) is 6.52. The van der Waals surface area contributed by atoms with Crippen LogP contribution in [0.2, 0.25) is 0 Å². The number of carbonyl (C=O) groups excluding carboxylic acids is 1. The summed E-state index contributed by atoms with van der Waals surface area (Å²) in [5.74, 6) is 0.632. The van der Waals surface area contributed by atoms with E-state index in [-0.39, 0.29) is 18.3 Å². The highest BCUT2D eigenvalue weighted by Crippen LogP contribution is 2.12. The van der Waals surface area contributed by atoms with Crippen LogP contribution in [-0.4, -0.2) is 57.3 Å². The van der Waals surface area contributed by atoms with Crippen molar-refractivity contribution >= 4 is 18.3 Å². The van der Waals surface area contributed by atoms with E-state index in [9.17, 15) is 4.79 Å². The molecule has 112 valence electrons. The number of nitrogens with zero attached hydrogens (tertiary/aromatic N) is 1. The van der Waals surface area contributed by atoms with Gasteiger partial charge < -0.3 is 14.8 Å². The minimum absolute atomic E-state index is 0. The van der Waals surface area contributed by atoms with E-state index in [2.05, 4.69) is 10.2 Å². The molecule has 0 saturated carbocycles. The van der Waals surface area contributed by atoms with Crippen LogP contribution in [0.5, 0.6) is 5.75 Å². The Labute approximate surface area is 125 Å². The van der Waals surface area contributed by atoms with Gasteiger partial charge in [-0.2, -0.15) is 0 Å². The Balaban J connectivity index is 0.00000200. The molecule has 1 aromatic carbocycles. The Morgan fingerprint density at radius 3 is 2.85 bits per heavy atom. The SMILES string of the molecule is COc1cccc(C(=O)NCCN2CCOCC2)c1.Cl. The summed E-state index contributed by atoms with van der Waals surface area (Å²) in [7, 11) is 1.59. The number of nitrogens with one attached hydrogen (secondary N) is 1. The van der Waals surface area contributed by atoms with Crippen molar-refractivity contribution in [2.75, 3.05) is 46.5 Å². The third-order valence-electron chi connectivity index (χ3n) is 3.15. The maximum atomic E-state index is 11.9. The van der Waals surface area contributed by atoms with Crippen LogP contribution in [-0.2, 0) is 4.74 Å². The van der Waals surface area contributed by atoms with E-state index in [0.717, 1.165) is 32.8 Å². The molecule has 2 rings (SSSR count). The summed E-state index contributed by atoms with van der Waals surface area (Å²) in [5, 5.41) is 2.92. The topological polar surface area (TPSA) is 50.8 Å². The Morgan fingerprint density at radius 2 is 2.15 bits per heavy atom. The second-order valence-electron chi connectivity index (χ2n) is 4.44. The van der Waals surface area contributed by atoms with Crippen LogP contribution in [0.3, 0.4) is 0 Å². The van der Waals surface area contributed by atoms with Crippen molar-refractivity contribution < 1.29 is 14.3 Å². The molecule has 0 radical (unpaired) electrons. The molecule has 20 heavy (non-hydrogen) atoms. The first kappa shape index (κ1) is 16.8. The molecule has 0 aromatic heterocycles. The van der Waals surface area contributed by atoms with Crippen molar-refractivity contribution in [2.45, 2.75) is 0 Å². The molecular weight excluding hydrogens is 280 g/mol. The maximum absolute atomic E-state index is 11.9. The zero-order chi connectivity index (χ0) is 13.5. The lowest BCUT2D eigenvalue weighted by molar-refractivity contribution is 0.0383. The Bertz CT molecular complexity index is 423. The fraction of sp³-hybridized carbons (Fsp3) is 0.500. The van der Waals surface area contributed by atoms with Gasteiger partial charge in [-0.1, -0.05) is 6.07 Å². The van der Waals surface area contributed by atoms with Gasteiger partial charge in [0.05, 0.1) is 20.3 Å². The third-order valence-corrected chi connectivity index (χ3v) is 3.15. The summed E-state index contributed by atoms with van der Waals surface area (Å²) in [6.45, 7) is 4.95. The number of hydrogen-bond donors (Lipinski definition) is 1. The number of benzene rings is 1. The predicted octanol–water partition coefficient (Wildman–Crippen LogP) is 1.18. The number of halogens is 1. The van der Waals surface area contributed by atoms with Crippen molar-refractivity contribution in [2.24, 2.45) is 0 Å². The Hall–Kier alpha value is -1.30. The number of ether oxygens (including phenoxy) is 2. The number of hydrogen-bond acceptors (Lipinski definition) is 4. The summed E-state index contributed by atoms with van der Waals surface area (Å²) in [6.07, 6.45) is 0. The van der Waals surface area contributed by atoms with Gasteiger partial charge in [-0.25, -0.2) is 0 Å². The van der Waals surface area contributed by atoms with Gasteiger partial charge in [0.2, 0.25) is 0 Å². The second kappa shape index (κ2) is 8.79. The Kier molecular flexibility index (Phi) is 7.36. The molecule has 1 aliphatic rings. The standard InChI is InChI=1S/C14H20N2O3.ClH/c1-18-13-4-2-3-12(11-13)14(17)15-5-6-16-7-9-19-10-8-16;/h2-4,11H,5-10H2,1H3,(H,15,17);1H. The molecule has 0 unspecified atom stereocenters. The average molecular weight is 301 g/mol. The smallest absolute Gasteiger partial charge is 0.251 e. The second-order valence-corrected chi connectivity index (χ2v) is 4.44. The molecule has 1 N–H and O–H groups in total. The van der Waals surface area contributed by atoms with Gasteiger partial charge in [0.1, 0.15) is 5.75 Å². The van der Waals surface area contributed by atoms with E-state index in [0.29, 0.717) is 17.9 Å². The van der Waals surface area contributed by atoms with Crippen molar-refractivity contribution in [3.63, 3.8) is 0 Å². The van der Waals surface area contributed by atoms with Crippen LogP contribution in [0, 0.1) is 0 Å². The van der Waals surface area contributed by atoms with E-state index >= 15 is 0 Å². The quantitative estimate of drug-likeness (QED) is 0.887. The first-order chi connectivity index (χ1) is 9.29. The number of methoxy groups -OCH3 is 1. The van der Waals surface area contributed by atoms with Crippen molar-refractivity contribution in [1.82, 2.24) is 10.2 Å². The molecule has 1 aliphatic heterocycles. The molecule has 1 aromatic rings. The van der Waals surface area contributed by atoms with E-state index in [1.54, 1.807) is 19.2 Å². The van der Waals surface area contributed by atoms with Crippen LogP contribution in [0.25, 0.3) is 0 Å². The molecule has 0 aliphatic carbocycles. The van der Waals surface area contributed by atoms with Crippen LogP contribution in [0.1, 0.15) is 10.4 Å². The van der Waals surface area contributed by atoms with Gasteiger partial charge in [0.25, 0.3) is 5.91 Å². The van der Waals surface area contributed by atoms with E-state index < -0.39 is 0 Å². The lowest BCUT2D eigenvalue weighted by Crippen LogP contribution is -2.41. The van der Waals surface area contributed by atoms with Gasteiger partial charge in [0, 0.05) is 31.7 Å². The lowest BCUT2D eigenvalue weighted by atomic mass is 10.2. The largest absolute Gasteiger partial charge is 0.497 e. The molecule has 1 saturated heterocycles. The number of morpholine rings is 1. The molecule has 5 nitrogen and oxygen atoms in total. The minimum Gasteiger partial charge on any atom is -0.497 e. The zero-order valence-corrected chi connectivity index (χ0v) is 12.4. The lowest BCUT2D eigenvalue weighted by Gasteiger charge is -2.26. The van der Waals surface area contributed by atoms with Gasteiger partial charge in [-0.15, -0.1) is 12.4 Å². The Morgan fingerprint density at radius 1 is 1.40 bits per heavy atom. The van der Waals surface area contributed by atoms with E-state index in [4.69, 9.17) is 9.47 Å². The third kappa shape index (κ3) is 5.00. The monoisotopic (exact) mass is 300 g/mol. The minimum atomic E-state index is -0.0628. The molecule has 1 fully saturated rings. The average Bonchev–Trinajstić information content (AvgIpc) is 2.48. The van der Waals surface area contributed by atoms with Crippen LogP contribution in [0.15, 0.2) is 24.3 Å². The van der Waals surface area contributed by atoms with Gasteiger partial charge in [-0.3, -0.25) is 9.69 Å². The first-order valence-electron chi connectivity index (χ1n) is 6.52. The highest BCUT2D eigenvalue weighted by Gasteiger charge is 2.11. The highest BCUT2D eigenvalue weighted by molar-refractivity contribution is 5.94. The fourth-order valence-electron chi connectivity index (χ4n) is 2.02. The number of carbonyl (C=O) groups is 1. The molecule has 0 spiro atoms. The maximum Gasteiger partial charge on any atom is 0.251 e. The predicted molar refractivity (Wildman–Crippen MR) is 79.8 cm³/mol. The van der Waals surface area contributed by atoms with Crippen molar-refractivity contribution in [3.05, 3.63) is 29.8 Å². The highest BCUT2D eigenvalue weighted by atomic mass is 35.5. The van der Waals surface area contributed by atoms with E-state index in [1.165, 1.54) is 0 Å². The van der Waals surface area contributed by atoms with Crippen LogP contribution >= 0.6 is 12.4 Å². The summed E-state index contributed by atoms with van der Waals surface area (Å²) >= 11 is 0. The molecule has 1 amide bonds. The normalized spacial score (nSPS) is 15.2. The summed E-state index contributed by atoms with van der Waals surface area (Å²) < 4.78 is 10.4. The van der Waals surface area contributed by atoms with Gasteiger partial charge in [-0.05, 0) is 18.2 Å². The zero-order valence-electron chi connectivity index (χ0n) is 11.6. The van der Waals surface area contributed by atoms with Crippen molar-refractivity contribution in [1.29, 1.82) is 0 Å². The van der Waals surface area contributed by atoms with E-state index in [1.807, 2.05) is 12.1 Å². The molecule has 0 bridgehead atoms. The van der Waals surface area contributed by atoms with Crippen molar-refractivity contribution in [3.8, 4) is 5.75 Å². The molecule has 0 atom stereocenters. The summed E-state index contributed by atoms with van der Waals surface area (Å²) in [4.78, 5) is 14.2. The molecule has 1 heterocycles. The molecule has 6 heteroatoms. The molecular formula is C14H21ClN2O3. The number of rotatable bonds is 5. The van der Waals surface area contributed by atoms with Crippen LogP contribution < -0.4 is 10.1 Å². The van der Waals surface area contributed by atoms with Crippen LogP contribution in [0.4, 0.5) is 0 Å². The number of amides is 1. The fourth-order valence-corrected chi connectivity index (χ4v) is 2.02. The van der Waals surface area contributed by atoms with Gasteiger partial charge in [0.15, 0.2) is 0 Å². The summed E-state index contributed by atoms with van der Waals surface area (Å²) in [6, 6.07) is 7.16.